The lowest BCUT2D eigenvalue weighted by atomic mass is 10.1. The highest BCUT2D eigenvalue weighted by molar-refractivity contribution is 6.46. The van der Waals surface area contributed by atoms with Crippen molar-refractivity contribution in [3.05, 3.63) is 82.9 Å². The standard InChI is InChI=1S/C19H11F5O2/c20-15-8-3-13(11-16(15)21)5-10-18(26)17(25)9-4-12-1-6-14(7-2-12)19(22,23)24/h1-11H/b9-4+,10-5+. The molecule has 0 radical (unpaired) electrons. The Hall–Kier alpha value is -3.09. The molecule has 0 aliphatic rings. The zero-order valence-corrected chi connectivity index (χ0v) is 13.1. The topological polar surface area (TPSA) is 34.1 Å². The van der Waals surface area contributed by atoms with E-state index in [1.165, 1.54) is 12.1 Å². The molecule has 0 unspecified atom stereocenters. The Morgan fingerprint density at radius 1 is 0.731 bits per heavy atom. The largest absolute Gasteiger partial charge is 0.416 e. The molecule has 0 N–H and O–H groups in total. The Morgan fingerprint density at radius 3 is 1.73 bits per heavy atom. The van der Waals surface area contributed by atoms with E-state index < -0.39 is 34.9 Å². The molecule has 0 aliphatic heterocycles. The second-order valence-electron chi connectivity index (χ2n) is 5.19. The Morgan fingerprint density at radius 2 is 1.23 bits per heavy atom. The predicted octanol–water partition coefficient (Wildman–Crippen LogP) is 4.85. The third-order valence-corrected chi connectivity index (χ3v) is 3.28. The average molecular weight is 366 g/mol. The molecule has 2 aromatic rings. The number of benzene rings is 2. The van der Waals surface area contributed by atoms with Gasteiger partial charge in [0, 0.05) is 0 Å². The minimum atomic E-state index is -4.46. The number of allylic oxidation sites excluding steroid dienone is 2. The number of carbonyl (C=O) groups excluding carboxylic acids is 2. The van der Waals surface area contributed by atoms with Crippen molar-refractivity contribution < 1.29 is 31.5 Å². The fourth-order valence-corrected chi connectivity index (χ4v) is 1.91. The summed E-state index contributed by atoms with van der Waals surface area (Å²) in [5, 5.41) is 0. The zero-order chi connectivity index (χ0) is 19.3. The van der Waals surface area contributed by atoms with Crippen LogP contribution in [0.3, 0.4) is 0 Å². The molecular weight excluding hydrogens is 355 g/mol. The van der Waals surface area contributed by atoms with E-state index in [1.54, 1.807) is 0 Å². The van der Waals surface area contributed by atoms with E-state index in [1.807, 2.05) is 0 Å². The van der Waals surface area contributed by atoms with E-state index in [2.05, 4.69) is 0 Å². The van der Waals surface area contributed by atoms with Gasteiger partial charge in [-0.3, -0.25) is 9.59 Å². The molecule has 0 aromatic heterocycles. The van der Waals surface area contributed by atoms with Crippen molar-refractivity contribution in [2.75, 3.05) is 0 Å². The van der Waals surface area contributed by atoms with Crippen molar-refractivity contribution >= 4 is 23.7 Å². The van der Waals surface area contributed by atoms with Crippen molar-refractivity contribution in [3.63, 3.8) is 0 Å². The van der Waals surface area contributed by atoms with E-state index in [-0.39, 0.29) is 5.56 Å². The van der Waals surface area contributed by atoms with Crippen molar-refractivity contribution in [1.82, 2.24) is 0 Å². The molecule has 0 fully saturated rings. The normalized spacial score (nSPS) is 12.0. The second-order valence-corrected chi connectivity index (χ2v) is 5.19. The molecule has 0 aliphatic carbocycles. The van der Waals surface area contributed by atoms with Crippen molar-refractivity contribution in [2.24, 2.45) is 0 Å². The zero-order valence-electron chi connectivity index (χ0n) is 13.1. The molecule has 0 amide bonds. The van der Waals surface area contributed by atoms with Crippen LogP contribution in [0.1, 0.15) is 16.7 Å². The highest BCUT2D eigenvalue weighted by Crippen LogP contribution is 2.29. The summed E-state index contributed by atoms with van der Waals surface area (Å²) in [5.74, 6) is -3.96. The SMILES string of the molecule is O=C(/C=C/c1ccc(C(F)(F)F)cc1)C(=O)/C=C/c1ccc(F)c(F)c1. The van der Waals surface area contributed by atoms with Gasteiger partial charge < -0.3 is 0 Å². The minimum Gasteiger partial charge on any atom is -0.286 e. The number of rotatable bonds is 5. The lowest BCUT2D eigenvalue weighted by molar-refractivity contribution is -0.137. The van der Waals surface area contributed by atoms with Crippen LogP contribution in [0.15, 0.2) is 54.6 Å². The van der Waals surface area contributed by atoms with E-state index >= 15 is 0 Å². The average Bonchev–Trinajstić information content (AvgIpc) is 2.60. The van der Waals surface area contributed by atoms with Gasteiger partial charge in [0.25, 0.3) is 0 Å². The maximum Gasteiger partial charge on any atom is 0.416 e. The molecule has 2 rings (SSSR count). The molecule has 7 heteroatoms. The number of carbonyl (C=O) groups is 2. The molecule has 0 bridgehead atoms. The molecule has 0 atom stereocenters. The Balaban J connectivity index is 2.02. The minimum absolute atomic E-state index is 0.191. The van der Waals surface area contributed by atoms with E-state index in [0.717, 1.165) is 54.6 Å². The van der Waals surface area contributed by atoms with E-state index in [0.29, 0.717) is 5.56 Å². The smallest absolute Gasteiger partial charge is 0.286 e. The van der Waals surface area contributed by atoms with Crippen LogP contribution in [-0.4, -0.2) is 11.6 Å². The molecule has 2 aromatic carbocycles. The summed E-state index contributed by atoms with van der Waals surface area (Å²) in [6.07, 6.45) is -0.300. The van der Waals surface area contributed by atoms with Gasteiger partial charge in [0.2, 0.25) is 11.6 Å². The first-order valence-corrected chi connectivity index (χ1v) is 7.23. The Labute approximate surface area is 145 Å². The summed E-state index contributed by atoms with van der Waals surface area (Å²) in [7, 11) is 0. The molecule has 2 nitrogen and oxygen atoms in total. The van der Waals surface area contributed by atoms with Crippen LogP contribution in [0.4, 0.5) is 22.0 Å². The molecule has 0 saturated heterocycles. The number of hydrogen-bond donors (Lipinski definition) is 0. The molecular formula is C19H11F5O2. The van der Waals surface area contributed by atoms with Gasteiger partial charge in [0.15, 0.2) is 11.6 Å². The van der Waals surface area contributed by atoms with Crippen molar-refractivity contribution in [2.45, 2.75) is 6.18 Å². The molecule has 26 heavy (non-hydrogen) atoms. The Bertz CT molecular complexity index is 878. The van der Waals surface area contributed by atoms with Gasteiger partial charge in [0.05, 0.1) is 5.56 Å². The lowest BCUT2D eigenvalue weighted by Crippen LogP contribution is -2.07. The monoisotopic (exact) mass is 366 g/mol. The van der Waals surface area contributed by atoms with Gasteiger partial charge in [-0.05, 0) is 47.5 Å². The maximum atomic E-state index is 13.0. The van der Waals surface area contributed by atoms with E-state index in [9.17, 15) is 31.5 Å². The fourth-order valence-electron chi connectivity index (χ4n) is 1.91. The number of hydrogen-bond acceptors (Lipinski definition) is 2. The van der Waals surface area contributed by atoms with Crippen LogP contribution in [0, 0.1) is 11.6 Å². The number of halogens is 5. The van der Waals surface area contributed by atoms with Crippen LogP contribution < -0.4 is 0 Å². The quantitative estimate of drug-likeness (QED) is 0.431. The van der Waals surface area contributed by atoms with Gasteiger partial charge in [-0.1, -0.05) is 30.4 Å². The number of ketones is 2. The Kier molecular flexibility index (Phi) is 5.82. The molecule has 0 saturated carbocycles. The van der Waals surface area contributed by atoms with E-state index in [4.69, 9.17) is 0 Å². The molecule has 134 valence electrons. The first-order chi connectivity index (χ1) is 12.2. The summed E-state index contributed by atoms with van der Waals surface area (Å²) in [6, 6.07) is 7.00. The van der Waals surface area contributed by atoms with Crippen LogP contribution in [0.25, 0.3) is 12.2 Å². The third-order valence-electron chi connectivity index (χ3n) is 3.28. The van der Waals surface area contributed by atoms with Crippen LogP contribution in [-0.2, 0) is 15.8 Å². The molecule has 0 spiro atoms. The second kappa shape index (κ2) is 7.86. The maximum absolute atomic E-state index is 13.0. The van der Waals surface area contributed by atoms with Gasteiger partial charge in [-0.25, -0.2) is 8.78 Å². The third kappa shape index (κ3) is 5.20. The predicted molar refractivity (Wildman–Crippen MR) is 85.9 cm³/mol. The first-order valence-electron chi connectivity index (χ1n) is 7.23. The molecule has 0 heterocycles. The van der Waals surface area contributed by atoms with Gasteiger partial charge >= 0.3 is 6.18 Å². The number of alkyl halides is 3. The lowest BCUT2D eigenvalue weighted by Gasteiger charge is -2.05. The summed E-state index contributed by atoms with van der Waals surface area (Å²) >= 11 is 0. The van der Waals surface area contributed by atoms with Gasteiger partial charge in [-0.15, -0.1) is 0 Å². The van der Waals surface area contributed by atoms with Crippen molar-refractivity contribution in [3.8, 4) is 0 Å². The first kappa shape index (κ1) is 19.2. The van der Waals surface area contributed by atoms with Gasteiger partial charge in [0.1, 0.15) is 0 Å². The summed E-state index contributed by atoms with van der Waals surface area (Å²) in [5.41, 5.74) is -0.327. The van der Waals surface area contributed by atoms with Crippen LogP contribution in [0.5, 0.6) is 0 Å². The highest BCUT2D eigenvalue weighted by Gasteiger charge is 2.29. The van der Waals surface area contributed by atoms with Gasteiger partial charge in [-0.2, -0.15) is 13.2 Å². The van der Waals surface area contributed by atoms with Crippen LogP contribution >= 0.6 is 0 Å². The van der Waals surface area contributed by atoms with Crippen LogP contribution in [0.2, 0.25) is 0 Å². The summed E-state index contributed by atoms with van der Waals surface area (Å²) in [4.78, 5) is 23.4. The van der Waals surface area contributed by atoms with Crippen molar-refractivity contribution in [1.29, 1.82) is 0 Å². The summed E-state index contributed by atoms with van der Waals surface area (Å²) in [6.45, 7) is 0. The fraction of sp³-hybridized carbons (Fsp3) is 0.0526. The highest BCUT2D eigenvalue weighted by atomic mass is 19.4. The summed E-state index contributed by atoms with van der Waals surface area (Å²) < 4.78 is 63.1.